The van der Waals surface area contributed by atoms with Crippen LogP contribution in [-0.2, 0) is 0 Å². The van der Waals surface area contributed by atoms with Gasteiger partial charge in [0.25, 0.3) is 0 Å². The Hall–Kier alpha value is -1.97. The number of benzene rings is 1. The van der Waals surface area contributed by atoms with Crippen molar-refractivity contribution in [1.82, 2.24) is 9.66 Å². The van der Waals surface area contributed by atoms with Gasteiger partial charge in [0.15, 0.2) is 0 Å². The maximum atomic E-state index is 7.76. The third-order valence-corrected chi connectivity index (χ3v) is 3.23. The molecule has 18 heavy (non-hydrogen) atoms. The highest BCUT2D eigenvalue weighted by Gasteiger charge is 2.32. The normalized spacial score (nSPS) is 24.7. The van der Waals surface area contributed by atoms with Gasteiger partial charge in [-0.25, -0.2) is 9.66 Å². The van der Waals surface area contributed by atoms with E-state index in [0.717, 1.165) is 11.3 Å². The molecule has 1 atom stereocenters. The van der Waals surface area contributed by atoms with Crippen LogP contribution < -0.4 is 9.91 Å². The lowest BCUT2D eigenvalue weighted by atomic mass is 10.1. The van der Waals surface area contributed by atoms with Crippen LogP contribution in [0.3, 0.4) is 0 Å². The summed E-state index contributed by atoms with van der Waals surface area (Å²) in [6, 6.07) is 4.86. The third-order valence-electron chi connectivity index (χ3n) is 3.23. The van der Waals surface area contributed by atoms with Gasteiger partial charge in [-0.15, -0.1) is 0 Å². The van der Waals surface area contributed by atoms with Crippen LogP contribution in [0.5, 0.6) is 0 Å². The van der Waals surface area contributed by atoms with Crippen molar-refractivity contribution < 1.29 is 8.22 Å². The maximum absolute atomic E-state index is 7.76. The van der Waals surface area contributed by atoms with E-state index in [1.54, 1.807) is 42.4 Å². The standard InChI is InChI=1S/C14H18N4/c1-10-5-6-13(11(2)9-10)18-12(3)16(4)17-8-7-15-14(17)18/h5-9,12H,1-4H3/t12-/m0/s1/i1D3,4D3. The second-order valence-electron chi connectivity index (χ2n) is 4.42. The van der Waals surface area contributed by atoms with Gasteiger partial charge in [-0.05, 0) is 32.3 Å². The van der Waals surface area contributed by atoms with Crippen LogP contribution in [0.25, 0.3) is 0 Å². The van der Waals surface area contributed by atoms with Crippen molar-refractivity contribution in [3.05, 3.63) is 41.7 Å². The lowest BCUT2D eigenvalue weighted by Gasteiger charge is -2.27. The molecule has 0 radical (unpaired) electrons. The molecular formula is C14H18N4. The molecule has 2 heterocycles. The molecule has 4 heteroatoms. The Labute approximate surface area is 116 Å². The molecule has 0 amide bonds. The van der Waals surface area contributed by atoms with E-state index in [1.807, 2.05) is 6.92 Å². The fourth-order valence-corrected chi connectivity index (χ4v) is 2.32. The first kappa shape index (κ1) is 6.27. The van der Waals surface area contributed by atoms with E-state index in [2.05, 4.69) is 4.98 Å². The van der Waals surface area contributed by atoms with Gasteiger partial charge in [0.2, 0.25) is 5.95 Å². The summed E-state index contributed by atoms with van der Waals surface area (Å²) < 4.78 is 47.3. The van der Waals surface area contributed by atoms with Gasteiger partial charge in [0, 0.05) is 33.3 Å². The lowest BCUT2D eigenvalue weighted by Crippen LogP contribution is -2.39. The number of rotatable bonds is 1. The largest absolute Gasteiger partial charge is 0.291 e. The molecule has 3 rings (SSSR count). The molecule has 1 aliphatic rings. The number of hydrogen-bond acceptors (Lipinski definition) is 3. The first-order valence-electron chi connectivity index (χ1n) is 8.75. The van der Waals surface area contributed by atoms with E-state index in [-0.39, 0.29) is 5.56 Å². The van der Waals surface area contributed by atoms with Gasteiger partial charge in [-0.3, -0.25) is 9.91 Å². The topological polar surface area (TPSA) is 24.3 Å². The van der Waals surface area contributed by atoms with Crippen LogP contribution in [0.15, 0.2) is 30.6 Å². The first-order valence-corrected chi connectivity index (χ1v) is 5.75. The van der Waals surface area contributed by atoms with Gasteiger partial charge in [0.05, 0.1) is 0 Å². The molecule has 2 aromatic rings. The minimum atomic E-state index is -2.32. The molecule has 0 saturated carbocycles. The number of aromatic nitrogens is 2. The monoisotopic (exact) mass is 248 g/mol. The summed E-state index contributed by atoms with van der Waals surface area (Å²) in [5, 5.41) is 1.27. The molecule has 0 fully saturated rings. The Morgan fingerprint density at radius 3 is 3.00 bits per heavy atom. The van der Waals surface area contributed by atoms with Crippen molar-refractivity contribution in [2.75, 3.05) is 16.9 Å². The van der Waals surface area contributed by atoms with E-state index in [4.69, 9.17) is 8.22 Å². The van der Waals surface area contributed by atoms with E-state index >= 15 is 0 Å². The number of nitrogens with zero attached hydrogens (tertiary/aromatic N) is 4. The number of anilines is 2. The number of fused-ring (bicyclic) bond motifs is 1. The molecule has 4 nitrogen and oxygen atoms in total. The van der Waals surface area contributed by atoms with Crippen molar-refractivity contribution in [2.24, 2.45) is 0 Å². The predicted molar refractivity (Wildman–Crippen MR) is 73.9 cm³/mol. The summed E-state index contributed by atoms with van der Waals surface area (Å²) in [5.41, 5.74) is 1.73. The SMILES string of the molecule is [2H]C([2H])([2H])c1ccc(N2c3nccn3N(C([2H])([2H])[2H])[C@@H]2C)c(C)c1. The Balaban J connectivity index is 2.08. The Morgan fingerprint density at radius 2 is 2.28 bits per heavy atom. The molecule has 94 valence electrons. The van der Waals surface area contributed by atoms with Gasteiger partial charge in [-0.2, -0.15) is 0 Å². The minimum Gasteiger partial charge on any atom is -0.291 e. The molecular weight excluding hydrogens is 224 g/mol. The fourth-order valence-electron chi connectivity index (χ4n) is 2.32. The van der Waals surface area contributed by atoms with Gasteiger partial charge in [0.1, 0.15) is 6.17 Å². The molecule has 1 aromatic carbocycles. The number of hydrogen-bond donors (Lipinski definition) is 0. The van der Waals surface area contributed by atoms with Crippen LogP contribution in [0, 0.1) is 13.8 Å². The van der Waals surface area contributed by atoms with Crippen molar-refractivity contribution in [3.63, 3.8) is 0 Å². The molecule has 0 unspecified atom stereocenters. The zero-order valence-electron chi connectivity index (χ0n) is 16.3. The van der Waals surface area contributed by atoms with E-state index < -0.39 is 20.0 Å². The van der Waals surface area contributed by atoms with Gasteiger partial charge < -0.3 is 0 Å². The average Bonchev–Trinajstić information content (AvgIpc) is 2.96. The van der Waals surface area contributed by atoms with Crippen LogP contribution in [-0.4, -0.2) is 22.8 Å². The van der Waals surface area contributed by atoms with Crippen molar-refractivity contribution in [2.45, 2.75) is 26.9 Å². The summed E-state index contributed by atoms with van der Waals surface area (Å²) in [7, 11) is 0. The van der Waals surface area contributed by atoms with Crippen molar-refractivity contribution >= 4 is 11.6 Å². The molecule has 0 N–H and O–H groups in total. The van der Waals surface area contributed by atoms with Crippen LogP contribution >= 0.6 is 0 Å². The summed E-state index contributed by atoms with van der Waals surface area (Å²) in [6.45, 7) is -0.917. The predicted octanol–water partition coefficient (Wildman–Crippen LogP) is 2.57. The third kappa shape index (κ3) is 1.41. The fraction of sp³-hybridized carbons (Fsp3) is 0.357. The summed E-state index contributed by atoms with van der Waals surface area (Å²) >= 11 is 0. The number of imidazole rings is 1. The zero-order chi connectivity index (χ0) is 17.9. The van der Waals surface area contributed by atoms with Gasteiger partial charge >= 0.3 is 0 Å². The minimum absolute atomic E-state index is 0.256. The molecule has 0 aliphatic carbocycles. The van der Waals surface area contributed by atoms with Crippen molar-refractivity contribution in [1.29, 1.82) is 0 Å². The molecule has 0 bridgehead atoms. The van der Waals surface area contributed by atoms with Crippen LogP contribution in [0.4, 0.5) is 11.6 Å². The van der Waals surface area contributed by atoms with Crippen LogP contribution in [0.1, 0.15) is 26.3 Å². The first-order chi connectivity index (χ1) is 11.0. The average molecular weight is 248 g/mol. The quantitative estimate of drug-likeness (QED) is 0.775. The molecule has 1 aromatic heterocycles. The smallest absolute Gasteiger partial charge is 0.231 e. The summed E-state index contributed by atoms with van der Waals surface area (Å²) in [5.74, 6) is 0.489. The van der Waals surface area contributed by atoms with Crippen LogP contribution in [0.2, 0.25) is 0 Å². The molecule has 0 saturated heterocycles. The lowest BCUT2D eigenvalue weighted by molar-refractivity contribution is 0.621. The highest BCUT2D eigenvalue weighted by atomic mass is 15.7. The van der Waals surface area contributed by atoms with Gasteiger partial charge in [-0.1, -0.05) is 17.7 Å². The van der Waals surface area contributed by atoms with E-state index in [9.17, 15) is 0 Å². The van der Waals surface area contributed by atoms with Crippen molar-refractivity contribution in [3.8, 4) is 0 Å². The highest BCUT2D eigenvalue weighted by Crippen LogP contribution is 2.34. The zero-order valence-corrected chi connectivity index (χ0v) is 10.3. The maximum Gasteiger partial charge on any atom is 0.231 e. The van der Waals surface area contributed by atoms with E-state index in [0.29, 0.717) is 5.95 Å². The Kier molecular flexibility index (Phi) is 1.31. The summed E-state index contributed by atoms with van der Waals surface area (Å²) in [6.07, 6.45) is 2.65. The van der Waals surface area contributed by atoms with E-state index in [1.165, 1.54) is 9.69 Å². The Morgan fingerprint density at radius 1 is 1.39 bits per heavy atom. The second kappa shape index (κ2) is 3.77. The second-order valence-corrected chi connectivity index (χ2v) is 4.42. The molecule has 0 spiro atoms. The Bertz CT molecular complexity index is 763. The molecule has 1 aliphatic heterocycles. The highest BCUT2D eigenvalue weighted by molar-refractivity contribution is 5.66. The number of aryl methyl sites for hydroxylation is 2. The summed E-state index contributed by atoms with van der Waals surface area (Å²) in [4.78, 5) is 6.06.